The molecule has 0 aliphatic heterocycles. The van der Waals surface area contributed by atoms with E-state index in [1.165, 1.54) is 17.4 Å². The summed E-state index contributed by atoms with van der Waals surface area (Å²) in [4.78, 5) is 16.6. The van der Waals surface area contributed by atoms with Crippen LogP contribution in [-0.4, -0.2) is 25.2 Å². The van der Waals surface area contributed by atoms with Crippen LogP contribution in [-0.2, 0) is 11.3 Å². The molecule has 0 fully saturated rings. The molecular weight excluding hydrogens is 371 g/mol. The molecule has 0 atom stereocenters. The molecule has 0 aliphatic rings. The van der Waals surface area contributed by atoms with Crippen LogP contribution in [0.2, 0.25) is 0 Å². The molecule has 0 aliphatic carbocycles. The number of methoxy groups -OCH3 is 2. The number of carbonyl (C=O) groups excluding carboxylic acids is 1. The molecule has 0 spiro atoms. The Morgan fingerprint density at radius 3 is 2.74 bits per heavy atom. The van der Waals surface area contributed by atoms with Crippen LogP contribution in [0.1, 0.15) is 16.1 Å². The summed E-state index contributed by atoms with van der Waals surface area (Å²) >= 11 is 1.39. The lowest BCUT2D eigenvalue weighted by molar-refractivity contribution is 0.0469. The number of esters is 1. The molecule has 2 aromatic carbocycles. The molecule has 8 heteroatoms. The number of para-hydroxylation sites is 1. The molecule has 0 amide bonds. The third kappa shape index (κ3) is 4.01. The number of aromatic nitrogens is 1. The van der Waals surface area contributed by atoms with Crippen molar-refractivity contribution < 1.29 is 23.4 Å². The van der Waals surface area contributed by atoms with Crippen LogP contribution in [0.25, 0.3) is 10.6 Å². The number of hydrogen-bond acceptors (Lipinski definition) is 7. The number of halogens is 1. The van der Waals surface area contributed by atoms with Gasteiger partial charge in [0.15, 0.2) is 11.5 Å². The Hall–Kier alpha value is -3.13. The number of rotatable bonds is 6. The minimum absolute atomic E-state index is 0.0279. The highest BCUT2D eigenvalue weighted by Crippen LogP contribution is 2.39. The van der Waals surface area contributed by atoms with Crippen molar-refractivity contribution in [1.29, 1.82) is 0 Å². The van der Waals surface area contributed by atoms with Crippen LogP contribution in [0.3, 0.4) is 0 Å². The summed E-state index contributed by atoms with van der Waals surface area (Å²) in [5.41, 5.74) is 7.15. The normalized spacial score (nSPS) is 10.5. The highest BCUT2D eigenvalue weighted by Gasteiger charge is 2.16. The lowest BCUT2D eigenvalue weighted by atomic mass is 10.2. The first kappa shape index (κ1) is 18.7. The maximum Gasteiger partial charge on any atom is 0.340 e. The van der Waals surface area contributed by atoms with Crippen molar-refractivity contribution >= 4 is 23.0 Å². The summed E-state index contributed by atoms with van der Waals surface area (Å²) in [7, 11) is 3.13. The fourth-order valence-corrected chi connectivity index (χ4v) is 3.32. The van der Waals surface area contributed by atoms with Crippen LogP contribution in [0, 0.1) is 5.82 Å². The minimum atomic E-state index is -0.638. The van der Waals surface area contributed by atoms with E-state index in [2.05, 4.69) is 4.98 Å². The van der Waals surface area contributed by atoms with E-state index in [4.69, 9.17) is 19.9 Å². The van der Waals surface area contributed by atoms with Crippen LogP contribution in [0.5, 0.6) is 11.5 Å². The topological polar surface area (TPSA) is 83.7 Å². The second-order valence-corrected chi connectivity index (χ2v) is 6.35. The molecule has 6 nitrogen and oxygen atoms in total. The Morgan fingerprint density at radius 1 is 1.22 bits per heavy atom. The third-order valence-electron chi connectivity index (χ3n) is 3.77. The zero-order valence-corrected chi connectivity index (χ0v) is 15.5. The van der Waals surface area contributed by atoms with E-state index < -0.39 is 11.8 Å². The summed E-state index contributed by atoms with van der Waals surface area (Å²) < 4.78 is 29.0. The average Bonchev–Trinajstić information content (AvgIpc) is 3.14. The number of hydrogen-bond donors (Lipinski definition) is 1. The number of nitrogens with zero attached hydrogens (tertiary/aromatic N) is 1. The van der Waals surface area contributed by atoms with Crippen LogP contribution >= 0.6 is 11.3 Å². The van der Waals surface area contributed by atoms with E-state index in [1.807, 2.05) is 12.1 Å². The second kappa shape index (κ2) is 8.05. The van der Waals surface area contributed by atoms with E-state index >= 15 is 0 Å². The quantitative estimate of drug-likeness (QED) is 0.509. The van der Waals surface area contributed by atoms with Crippen LogP contribution < -0.4 is 15.2 Å². The summed E-state index contributed by atoms with van der Waals surface area (Å²) in [6.07, 6.45) is 0. The highest BCUT2D eigenvalue weighted by molar-refractivity contribution is 7.13. The fourth-order valence-electron chi connectivity index (χ4n) is 2.49. The largest absolute Gasteiger partial charge is 0.493 e. The van der Waals surface area contributed by atoms with Gasteiger partial charge in [0.05, 0.1) is 31.0 Å². The number of ether oxygens (including phenoxy) is 3. The number of carbonyl (C=O) groups is 1. The lowest BCUT2D eigenvalue weighted by Crippen LogP contribution is -2.08. The molecule has 27 heavy (non-hydrogen) atoms. The monoisotopic (exact) mass is 388 g/mol. The van der Waals surface area contributed by atoms with Gasteiger partial charge in [0.2, 0.25) is 0 Å². The predicted molar refractivity (Wildman–Crippen MR) is 101 cm³/mol. The van der Waals surface area contributed by atoms with E-state index in [9.17, 15) is 9.18 Å². The van der Waals surface area contributed by atoms with Crippen LogP contribution in [0.15, 0.2) is 41.8 Å². The van der Waals surface area contributed by atoms with Crippen molar-refractivity contribution in [2.45, 2.75) is 6.61 Å². The third-order valence-corrected chi connectivity index (χ3v) is 4.69. The van der Waals surface area contributed by atoms with Gasteiger partial charge in [-0.05, 0) is 30.3 Å². The fraction of sp³-hybridized carbons (Fsp3) is 0.158. The van der Waals surface area contributed by atoms with Gasteiger partial charge in [0.1, 0.15) is 17.4 Å². The predicted octanol–water partition coefficient (Wildman–Crippen LogP) is 3.91. The van der Waals surface area contributed by atoms with Gasteiger partial charge in [-0.25, -0.2) is 14.2 Å². The zero-order valence-electron chi connectivity index (χ0n) is 14.7. The maximum absolute atomic E-state index is 13.1. The molecule has 0 saturated heterocycles. The van der Waals surface area contributed by atoms with Gasteiger partial charge in [-0.3, -0.25) is 0 Å². The van der Waals surface area contributed by atoms with E-state index in [0.29, 0.717) is 22.2 Å². The van der Waals surface area contributed by atoms with Gasteiger partial charge in [-0.1, -0.05) is 6.07 Å². The molecule has 0 radical (unpaired) electrons. The van der Waals surface area contributed by atoms with E-state index in [0.717, 1.165) is 17.7 Å². The van der Waals surface area contributed by atoms with Gasteiger partial charge in [-0.15, -0.1) is 11.3 Å². The first-order valence-corrected chi connectivity index (χ1v) is 8.79. The summed E-state index contributed by atoms with van der Waals surface area (Å²) in [5, 5.41) is 2.49. The Kier molecular flexibility index (Phi) is 5.56. The van der Waals surface area contributed by atoms with Gasteiger partial charge in [0, 0.05) is 11.1 Å². The highest BCUT2D eigenvalue weighted by atomic mass is 32.1. The first-order valence-electron chi connectivity index (χ1n) is 7.91. The number of benzene rings is 2. The molecular formula is C19H17FN2O4S. The van der Waals surface area contributed by atoms with Crippen LogP contribution in [0.4, 0.5) is 10.1 Å². The van der Waals surface area contributed by atoms with Crippen molar-refractivity contribution in [2.24, 2.45) is 0 Å². The SMILES string of the molecule is COc1cccc(-c2nc(COC(=O)c3ccc(F)cc3N)cs2)c1OC. The smallest absolute Gasteiger partial charge is 0.340 e. The van der Waals surface area contributed by atoms with Gasteiger partial charge < -0.3 is 19.9 Å². The van der Waals surface area contributed by atoms with E-state index in [1.54, 1.807) is 25.7 Å². The minimum Gasteiger partial charge on any atom is -0.493 e. The van der Waals surface area contributed by atoms with Crippen molar-refractivity contribution in [3.8, 4) is 22.1 Å². The van der Waals surface area contributed by atoms with Crippen molar-refractivity contribution in [3.05, 3.63) is 58.9 Å². The zero-order chi connectivity index (χ0) is 19.4. The van der Waals surface area contributed by atoms with Gasteiger partial charge in [-0.2, -0.15) is 0 Å². The Labute approximate surface area is 159 Å². The Bertz CT molecular complexity index is 974. The number of nitrogens with two attached hydrogens (primary N) is 1. The van der Waals surface area contributed by atoms with Crippen molar-refractivity contribution in [1.82, 2.24) is 4.98 Å². The van der Waals surface area contributed by atoms with E-state index in [-0.39, 0.29) is 17.9 Å². The van der Waals surface area contributed by atoms with Gasteiger partial charge in [0.25, 0.3) is 0 Å². The second-order valence-electron chi connectivity index (χ2n) is 5.49. The lowest BCUT2D eigenvalue weighted by Gasteiger charge is -2.10. The molecule has 0 unspecified atom stereocenters. The van der Waals surface area contributed by atoms with Crippen molar-refractivity contribution in [2.75, 3.05) is 20.0 Å². The summed E-state index contributed by atoms with van der Waals surface area (Å²) in [6.45, 7) is -0.0293. The van der Waals surface area contributed by atoms with Gasteiger partial charge >= 0.3 is 5.97 Å². The standard InChI is InChI=1S/C19H17FN2O4S/c1-24-16-5-3-4-14(17(16)25-2)18-22-12(10-27-18)9-26-19(23)13-7-6-11(20)8-15(13)21/h3-8,10H,9,21H2,1-2H3. The molecule has 0 saturated carbocycles. The molecule has 1 aromatic heterocycles. The maximum atomic E-state index is 13.1. The number of thiazole rings is 1. The molecule has 2 N–H and O–H groups in total. The summed E-state index contributed by atoms with van der Waals surface area (Å²) in [5.74, 6) is 0.0309. The average molecular weight is 388 g/mol. The molecule has 140 valence electrons. The number of anilines is 1. The molecule has 3 rings (SSSR count). The number of nitrogen functional groups attached to an aromatic ring is 1. The Balaban J connectivity index is 1.74. The summed E-state index contributed by atoms with van der Waals surface area (Å²) in [6, 6.07) is 9.03. The molecule has 1 heterocycles. The molecule has 3 aromatic rings. The molecule has 0 bridgehead atoms. The first-order chi connectivity index (χ1) is 13.0. The van der Waals surface area contributed by atoms with Crippen molar-refractivity contribution in [3.63, 3.8) is 0 Å². The Morgan fingerprint density at radius 2 is 2.04 bits per heavy atom.